The van der Waals surface area contributed by atoms with E-state index in [4.69, 9.17) is 10.8 Å². The number of nitrogen functional groups attached to an aromatic ring is 1. The number of nitrogens with zero attached hydrogens (tertiary/aromatic N) is 1. The Morgan fingerprint density at radius 1 is 1.25 bits per heavy atom. The Kier molecular flexibility index (Phi) is 5.90. The van der Waals surface area contributed by atoms with Crippen molar-refractivity contribution < 1.29 is 5.11 Å². The zero-order chi connectivity index (χ0) is 11.8. The van der Waals surface area contributed by atoms with E-state index in [1.165, 1.54) is 5.56 Å². The van der Waals surface area contributed by atoms with Crippen molar-refractivity contribution in [3.05, 3.63) is 29.8 Å². The number of anilines is 1. The molecule has 3 nitrogen and oxygen atoms in total. The molecule has 0 aliphatic carbocycles. The fourth-order valence-electron chi connectivity index (χ4n) is 1.80. The van der Waals surface area contributed by atoms with Crippen molar-refractivity contribution in [1.82, 2.24) is 4.90 Å². The third-order valence-electron chi connectivity index (χ3n) is 2.62. The molecule has 0 saturated heterocycles. The van der Waals surface area contributed by atoms with Gasteiger partial charge in [-0.15, -0.1) is 0 Å². The molecule has 0 bridgehead atoms. The van der Waals surface area contributed by atoms with Crippen LogP contribution in [0, 0.1) is 0 Å². The summed E-state index contributed by atoms with van der Waals surface area (Å²) in [6, 6.07) is 7.97. The number of para-hydroxylation sites is 1. The van der Waals surface area contributed by atoms with Crippen LogP contribution < -0.4 is 5.73 Å². The highest BCUT2D eigenvalue weighted by atomic mass is 16.3. The molecular formula is C13H22N2O. The summed E-state index contributed by atoms with van der Waals surface area (Å²) in [5, 5.41) is 8.85. The Hall–Kier alpha value is -1.06. The SMILES string of the molecule is CCCN(CCCO)Cc1ccccc1N. The van der Waals surface area contributed by atoms with E-state index in [0.29, 0.717) is 0 Å². The summed E-state index contributed by atoms with van der Waals surface area (Å²) in [6.07, 6.45) is 1.95. The van der Waals surface area contributed by atoms with Crippen molar-refractivity contribution in [2.75, 3.05) is 25.4 Å². The fraction of sp³-hybridized carbons (Fsp3) is 0.538. The van der Waals surface area contributed by atoms with Crippen LogP contribution >= 0.6 is 0 Å². The molecule has 16 heavy (non-hydrogen) atoms. The van der Waals surface area contributed by atoms with Crippen LogP contribution in [0.1, 0.15) is 25.3 Å². The normalized spacial score (nSPS) is 10.9. The van der Waals surface area contributed by atoms with Gasteiger partial charge in [0, 0.05) is 25.4 Å². The predicted molar refractivity (Wildman–Crippen MR) is 68.1 cm³/mol. The zero-order valence-corrected chi connectivity index (χ0v) is 10.0. The van der Waals surface area contributed by atoms with Gasteiger partial charge >= 0.3 is 0 Å². The average Bonchev–Trinajstić information content (AvgIpc) is 2.29. The second-order valence-corrected chi connectivity index (χ2v) is 4.05. The largest absolute Gasteiger partial charge is 0.398 e. The minimum Gasteiger partial charge on any atom is -0.398 e. The standard InChI is InChI=1S/C13H22N2O/c1-2-8-15(9-5-10-16)11-12-6-3-4-7-13(12)14/h3-4,6-7,16H,2,5,8-11,14H2,1H3. The quantitative estimate of drug-likeness (QED) is 0.692. The maximum Gasteiger partial charge on any atom is 0.0443 e. The first-order chi connectivity index (χ1) is 7.77. The number of aliphatic hydroxyl groups is 1. The summed E-state index contributed by atoms with van der Waals surface area (Å²) in [7, 11) is 0. The van der Waals surface area contributed by atoms with Crippen LogP contribution in [-0.4, -0.2) is 29.7 Å². The molecule has 0 saturated carbocycles. The highest BCUT2D eigenvalue weighted by molar-refractivity contribution is 5.46. The molecule has 0 aromatic heterocycles. The molecule has 90 valence electrons. The van der Waals surface area contributed by atoms with Crippen LogP contribution in [0.15, 0.2) is 24.3 Å². The Balaban J connectivity index is 2.56. The number of nitrogens with two attached hydrogens (primary N) is 1. The number of hydrogen-bond acceptors (Lipinski definition) is 3. The van der Waals surface area contributed by atoms with Crippen LogP contribution in [0.5, 0.6) is 0 Å². The van der Waals surface area contributed by atoms with E-state index >= 15 is 0 Å². The van der Waals surface area contributed by atoms with Crippen molar-refractivity contribution in [1.29, 1.82) is 0 Å². The Bertz CT molecular complexity index is 302. The highest BCUT2D eigenvalue weighted by Crippen LogP contribution is 2.13. The molecule has 3 N–H and O–H groups in total. The lowest BCUT2D eigenvalue weighted by atomic mass is 10.1. The monoisotopic (exact) mass is 222 g/mol. The van der Waals surface area contributed by atoms with Gasteiger partial charge in [-0.25, -0.2) is 0 Å². The molecule has 0 fully saturated rings. The number of rotatable bonds is 7. The number of benzene rings is 1. The first-order valence-electron chi connectivity index (χ1n) is 5.94. The summed E-state index contributed by atoms with van der Waals surface area (Å²) >= 11 is 0. The third kappa shape index (κ3) is 4.21. The van der Waals surface area contributed by atoms with Gasteiger partial charge in [-0.1, -0.05) is 25.1 Å². The van der Waals surface area contributed by atoms with E-state index in [1.807, 2.05) is 18.2 Å². The van der Waals surface area contributed by atoms with Gasteiger partial charge in [-0.2, -0.15) is 0 Å². The molecule has 0 heterocycles. The molecule has 0 aliphatic heterocycles. The van der Waals surface area contributed by atoms with Crippen molar-refractivity contribution in [2.45, 2.75) is 26.3 Å². The highest BCUT2D eigenvalue weighted by Gasteiger charge is 2.06. The molecule has 0 atom stereocenters. The van der Waals surface area contributed by atoms with Crippen LogP contribution in [0.2, 0.25) is 0 Å². The van der Waals surface area contributed by atoms with E-state index < -0.39 is 0 Å². The van der Waals surface area contributed by atoms with Gasteiger partial charge < -0.3 is 10.8 Å². The minimum absolute atomic E-state index is 0.254. The molecular weight excluding hydrogens is 200 g/mol. The van der Waals surface area contributed by atoms with Crippen LogP contribution in [0.25, 0.3) is 0 Å². The lowest BCUT2D eigenvalue weighted by molar-refractivity contribution is 0.219. The van der Waals surface area contributed by atoms with Crippen molar-refractivity contribution >= 4 is 5.69 Å². The molecule has 1 aromatic rings. The molecule has 0 spiro atoms. The number of aliphatic hydroxyl groups excluding tert-OH is 1. The molecule has 0 aliphatic rings. The molecule has 1 rings (SSSR count). The van der Waals surface area contributed by atoms with Crippen LogP contribution in [0.3, 0.4) is 0 Å². The first kappa shape index (κ1) is 13.0. The zero-order valence-electron chi connectivity index (χ0n) is 10.0. The first-order valence-corrected chi connectivity index (χ1v) is 5.94. The second kappa shape index (κ2) is 7.25. The third-order valence-corrected chi connectivity index (χ3v) is 2.62. The van der Waals surface area contributed by atoms with Crippen molar-refractivity contribution in [3.63, 3.8) is 0 Å². The van der Waals surface area contributed by atoms with E-state index in [0.717, 1.165) is 38.2 Å². The predicted octanol–water partition coefficient (Wildman–Crippen LogP) is 1.86. The molecule has 3 heteroatoms. The Morgan fingerprint density at radius 2 is 2.00 bits per heavy atom. The van der Waals surface area contributed by atoms with Gasteiger partial charge in [-0.3, -0.25) is 4.90 Å². The summed E-state index contributed by atoms with van der Waals surface area (Å²) in [6.45, 7) is 5.28. The minimum atomic E-state index is 0.254. The molecule has 0 unspecified atom stereocenters. The van der Waals surface area contributed by atoms with E-state index in [2.05, 4.69) is 17.9 Å². The lowest BCUT2D eigenvalue weighted by Crippen LogP contribution is -2.26. The van der Waals surface area contributed by atoms with Gasteiger partial charge in [0.05, 0.1) is 0 Å². The van der Waals surface area contributed by atoms with Gasteiger partial charge in [0.25, 0.3) is 0 Å². The maximum atomic E-state index is 8.85. The smallest absolute Gasteiger partial charge is 0.0443 e. The Morgan fingerprint density at radius 3 is 2.62 bits per heavy atom. The maximum absolute atomic E-state index is 8.85. The van der Waals surface area contributed by atoms with Gasteiger partial charge in [0.1, 0.15) is 0 Å². The summed E-state index contributed by atoms with van der Waals surface area (Å²) in [4.78, 5) is 2.34. The summed E-state index contributed by atoms with van der Waals surface area (Å²) in [5.41, 5.74) is 7.95. The van der Waals surface area contributed by atoms with E-state index in [1.54, 1.807) is 0 Å². The second-order valence-electron chi connectivity index (χ2n) is 4.05. The topological polar surface area (TPSA) is 49.5 Å². The fourth-order valence-corrected chi connectivity index (χ4v) is 1.80. The Labute approximate surface area is 97.9 Å². The van der Waals surface area contributed by atoms with Crippen molar-refractivity contribution in [3.8, 4) is 0 Å². The molecule has 1 aromatic carbocycles. The van der Waals surface area contributed by atoms with Crippen molar-refractivity contribution in [2.24, 2.45) is 0 Å². The van der Waals surface area contributed by atoms with E-state index in [-0.39, 0.29) is 6.61 Å². The van der Waals surface area contributed by atoms with Crippen LogP contribution in [-0.2, 0) is 6.54 Å². The molecule has 0 radical (unpaired) electrons. The summed E-state index contributed by atoms with van der Waals surface area (Å²) < 4.78 is 0. The van der Waals surface area contributed by atoms with E-state index in [9.17, 15) is 0 Å². The van der Waals surface area contributed by atoms with Gasteiger partial charge in [0.15, 0.2) is 0 Å². The van der Waals surface area contributed by atoms with Gasteiger partial charge in [0.2, 0.25) is 0 Å². The van der Waals surface area contributed by atoms with Gasteiger partial charge in [-0.05, 0) is 31.0 Å². The lowest BCUT2D eigenvalue weighted by Gasteiger charge is -2.22. The number of hydrogen-bond donors (Lipinski definition) is 2. The average molecular weight is 222 g/mol. The van der Waals surface area contributed by atoms with Crippen LogP contribution in [0.4, 0.5) is 5.69 Å². The molecule has 0 amide bonds. The summed E-state index contributed by atoms with van der Waals surface area (Å²) in [5.74, 6) is 0.